The molecule has 1 fully saturated rings. The minimum Gasteiger partial charge on any atom is -0.381 e. The van der Waals surface area contributed by atoms with Crippen molar-refractivity contribution >= 4 is 0 Å². The molecule has 0 amide bonds. The topological polar surface area (TPSA) is 21.3 Å². The zero-order valence-electron chi connectivity index (χ0n) is 7.44. The summed E-state index contributed by atoms with van der Waals surface area (Å²) in [5.41, 5.74) is 0. The van der Waals surface area contributed by atoms with Gasteiger partial charge in [-0.05, 0) is 25.3 Å². The zero-order chi connectivity index (χ0) is 7.94. The highest BCUT2D eigenvalue weighted by Gasteiger charge is 2.13. The molecular formula is C9H19NO. The van der Waals surface area contributed by atoms with Gasteiger partial charge in [0.2, 0.25) is 0 Å². The Labute approximate surface area is 69.3 Å². The summed E-state index contributed by atoms with van der Waals surface area (Å²) in [5, 5.41) is 3.45. The van der Waals surface area contributed by atoms with Crippen molar-refractivity contribution in [1.82, 2.24) is 5.32 Å². The molecule has 1 aliphatic rings. The highest BCUT2D eigenvalue weighted by atomic mass is 16.5. The molecule has 1 saturated heterocycles. The van der Waals surface area contributed by atoms with Crippen LogP contribution in [0.2, 0.25) is 0 Å². The third-order valence-corrected chi connectivity index (χ3v) is 2.16. The molecule has 0 aromatic carbocycles. The lowest BCUT2D eigenvalue weighted by Gasteiger charge is -2.07. The lowest BCUT2D eigenvalue weighted by atomic mass is 10.1. The predicted octanol–water partition coefficient (Wildman–Crippen LogP) is 1.41. The molecule has 0 spiro atoms. The van der Waals surface area contributed by atoms with Crippen molar-refractivity contribution in [1.29, 1.82) is 0 Å². The molecule has 11 heavy (non-hydrogen) atoms. The van der Waals surface area contributed by atoms with E-state index >= 15 is 0 Å². The molecule has 1 aliphatic heterocycles. The van der Waals surface area contributed by atoms with Crippen LogP contribution < -0.4 is 5.32 Å². The number of ether oxygens (including phenoxy) is 1. The van der Waals surface area contributed by atoms with Crippen LogP contribution in [0.1, 0.15) is 26.2 Å². The molecule has 2 heteroatoms. The molecule has 0 radical (unpaired) electrons. The van der Waals surface area contributed by atoms with E-state index in [0.717, 1.165) is 25.7 Å². The van der Waals surface area contributed by atoms with E-state index in [4.69, 9.17) is 4.74 Å². The van der Waals surface area contributed by atoms with E-state index in [2.05, 4.69) is 12.2 Å². The third-order valence-electron chi connectivity index (χ3n) is 2.16. The third kappa shape index (κ3) is 3.73. The molecule has 0 unspecified atom stereocenters. The number of nitrogens with one attached hydrogen (secondary N) is 1. The Morgan fingerprint density at radius 3 is 3.09 bits per heavy atom. The van der Waals surface area contributed by atoms with E-state index in [0.29, 0.717) is 0 Å². The first-order valence-corrected chi connectivity index (χ1v) is 4.72. The Morgan fingerprint density at radius 2 is 2.45 bits per heavy atom. The summed E-state index contributed by atoms with van der Waals surface area (Å²) in [6.45, 7) is 6.49. The van der Waals surface area contributed by atoms with Gasteiger partial charge in [0.1, 0.15) is 0 Å². The lowest BCUT2D eigenvalue weighted by Crippen LogP contribution is -2.23. The Morgan fingerprint density at radius 1 is 1.55 bits per heavy atom. The van der Waals surface area contributed by atoms with Crippen molar-refractivity contribution in [3.05, 3.63) is 0 Å². The van der Waals surface area contributed by atoms with Crippen LogP contribution in [0.25, 0.3) is 0 Å². The van der Waals surface area contributed by atoms with E-state index in [1.165, 1.54) is 25.8 Å². The molecular weight excluding hydrogens is 138 g/mol. The summed E-state index contributed by atoms with van der Waals surface area (Å²) >= 11 is 0. The maximum atomic E-state index is 5.27. The fourth-order valence-corrected chi connectivity index (χ4v) is 1.35. The molecule has 66 valence electrons. The van der Waals surface area contributed by atoms with Crippen LogP contribution in [0.5, 0.6) is 0 Å². The Hall–Kier alpha value is -0.0800. The SMILES string of the molecule is CCCCNC[C@H]1CCOC1. The Bertz CT molecular complexity index is 89.6. The first kappa shape index (κ1) is 9.01. The van der Waals surface area contributed by atoms with Crippen LogP contribution in [0.15, 0.2) is 0 Å². The van der Waals surface area contributed by atoms with Gasteiger partial charge in [-0.1, -0.05) is 13.3 Å². The molecule has 2 nitrogen and oxygen atoms in total. The molecule has 0 saturated carbocycles. The number of hydrogen-bond donors (Lipinski definition) is 1. The van der Waals surface area contributed by atoms with Gasteiger partial charge in [0.05, 0.1) is 6.61 Å². The zero-order valence-corrected chi connectivity index (χ0v) is 7.44. The molecule has 0 aliphatic carbocycles. The molecule has 1 atom stereocenters. The lowest BCUT2D eigenvalue weighted by molar-refractivity contribution is 0.185. The van der Waals surface area contributed by atoms with Crippen LogP contribution in [0.4, 0.5) is 0 Å². The predicted molar refractivity (Wildman–Crippen MR) is 46.7 cm³/mol. The standard InChI is InChI=1S/C9H19NO/c1-2-3-5-10-7-9-4-6-11-8-9/h9-10H,2-8H2,1H3/t9-/m1/s1. The van der Waals surface area contributed by atoms with Gasteiger partial charge in [0, 0.05) is 13.2 Å². The van der Waals surface area contributed by atoms with Crippen LogP contribution in [0, 0.1) is 5.92 Å². The van der Waals surface area contributed by atoms with Crippen LogP contribution in [-0.2, 0) is 4.74 Å². The highest BCUT2D eigenvalue weighted by Crippen LogP contribution is 2.10. The van der Waals surface area contributed by atoms with Crippen LogP contribution in [0.3, 0.4) is 0 Å². The van der Waals surface area contributed by atoms with Gasteiger partial charge in [-0.25, -0.2) is 0 Å². The van der Waals surface area contributed by atoms with Crippen molar-refractivity contribution < 1.29 is 4.74 Å². The van der Waals surface area contributed by atoms with Crippen molar-refractivity contribution in [2.75, 3.05) is 26.3 Å². The van der Waals surface area contributed by atoms with Gasteiger partial charge in [0.15, 0.2) is 0 Å². The van der Waals surface area contributed by atoms with Gasteiger partial charge in [-0.15, -0.1) is 0 Å². The fraction of sp³-hybridized carbons (Fsp3) is 1.00. The second-order valence-corrected chi connectivity index (χ2v) is 3.29. The number of unbranched alkanes of at least 4 members (excludes halogenated alkanes) is 1. The van der Waals surface area contributed by atoms with Gasteiger partial charge >= 0.3 is 0 Å². The quantitative estimate of drug-likeness (QED) is 0.609. The fourth-order valence-electron chi connectivity index (χ4n) is 1.35. The monoisotopic (exact) mass is 157 g/mol. The van der Waals surface area contributed by atoms with Crippen molar-refractivity contribution in [3.8, 4) is 0 Å². The minimum atomic E-state index is 0.784. The average molecular weight is 157 g/mol. The molecule has 0 aromatic rings. The number of rotatable bonds is 5. The maximum absolute atomic E-state index is 5.27. The normalized spacial score (nSPS) is 24.3. The van der Waals surface area contributed by atoms with Gasteiger partial charge in [-0.3, -0.25) is 0 Å². The summed E-state index contributed by atoms with van der Waals surface area (Å²) in [4.78, 5) is 0. The summed E-state index contributed by atoms with van der Waals surface area (Å²) in [7, 11) is 0. The molecule has 0 aromatic heterocycles. The van der Waals surface area contributed by atoms with Crippen LogP contribution in [-0.4, -0.2) is 26.3 Å². The van der Waals surface area contributed by atoms with Crippen LogP contribution >= 0.6 is 0 Å². The average Bonchev–Trinajstić information content (AvgIpc) is 2.50. The summed E-state index contributed by atoms with van der Waals surface area (Å²) in [5.74, 6) is 0.784. The highest BCUT2D eigenvalue weighted by molar-refractivity contribution is 4.66. The summed E-state index contributed by atoms with van der Waals surface area (Å²) in [6.07, 6.45) is 3.83. The largest absolute Gasteiger partial charge is 0.381 e. The molecule has 1 rings (SSSR count). The second kappa shape index (κ2) is 5.56. The maximum Gasteiger partial charge on any atom is 0.0507 e. The molecule has 0 bridgehead atoms. The van der Waals surface area contributed by atoms with E-state index in [9.17, 15) is 0 Å². The Balaban J connectivity index is 1.86. The van der Waals surface area contributed by atoms with E-state index in [1.54, 1.807) is 0 Å². The van der Waals surface area contributed by atoms with E-state index < -0.39 is 0 Å². The molecule has 1 N–H and O–H groups in total. The first-order chi connectivity index (χ1) is 5.43. The summed E-state index contributed by atoms with van der Waals surface area (Å²) in [6, 6.07) is 0. The first-order valence-electron chi connectivity index (χ1n) is 4.72. The van der Waals surface area contributed by atoms with Gasteiger partial charge < -0.3 is 10.1 Å². The summed E-state index contributed by atoms with van der Waals surface area (Å²) < 4.78 is 5.27. The number of hydrogen-bond acceptors (Lipinski definition) is 2. The second-order valence-electron chi connectivity index (χ2n) is 3.29. The van der Waals surface area contributed by atoms with E-state index in [-0.39, 0.29) is 0 Å². The van der Waals surface area contributed by atoms with E-state index in [1.807, 2.05) is 0 Å². The Kier molecular flexibility index (Phi) is 4.55. The molecule has 1 heterocycles. The minimum absolute atomic E-state index is 0.784. The van der Waals surface area contributed by atoms with Gasteiger partial charge in [-0.2, -0.15) is 0 Å². The smallest absolute Gasteiger partial charge is 0.0507 e. The van der Waals surface area contributed by atoms with Crippen molar-refractivity contribution in [2.24, 2.45) is 5.92 Å². The van der Waals surface area contributed by atoms with Gasteiger partial charge in [0.25, 0.3) is 0 Å². The van der Waals surface area contributed by atoms with Crippen molar-refractivity contribution in [3.63, 3.8) is 0 Å². The van der Waals surface area contributed by atoms with Crippen molar-refractivity contribution in [2.45, 2.75) is 26.2 Å².